The van der Waals surface area contributed by atoms with E-state index in [-0.39, 0.29) is 12.5 Å². The molecule has 0 radical (unpaired) electrons. The van der Waals surface area contributed by atoms with E-state index in [1.54, 1.807) is 6.07 Å². The van der Waals surface area contributed by atoms with Gasteiger partial charge in [-0.25, -0.2) is 0 Å². The Kier molecular flexibility index (Phi) is 6.56. The van der Waals surface area contributed by atoms with Gasteiger partial charge in [0.2, 0.25) is 0 Å². The molecule has 3 heterocycles. The second-order valence-corrected chi connectivity index (χ2v) is 8.34. The highest BCUT2D eigenvalue weighted by Crippen LogP contribution is 2.18. The highest BCUT2D eigenvalue weighted by atomic mass is 16.3. The first-order valence-corrected chi connectivity index (χ1v) is 10.6. The van der Waals surface area contributed by atoms with Gasteiger partial charge < -0.3 is 20.6 Å². The van der Waals surface area contributed by atoms with Gasteiger partial charge in [-0.1, -0.05) is 24.3 Å². The molecule has 8 nitrogen and oxygen atoms in total. The van der Waals surface area contributed by atoms with Crippen LogP contribution in [0.2, 0.25) is 0 Å². The van der Waals surface area contributed by atoms with E-state index in [2.05, 4.69) is 61.9 Å². The molecule has 1 aromatic heterocycles. The number of β-amino-alcohol motifs (C(OH)–C–C–N with tert-alkyl or cyclic N) is 1. The van der Waals surface area contributed by atoms with Crippen molar-refractivity contribution in [1.29, 1.82) is 0 Å². The quantitative estimate of drug-likeness (QED) is 0.620. The fourth-order valence-electron chi connectivity index (χ4n) is 4.21. The lowest BCUT2D eigenvalue weighted by molar-refractivity contribution is 0.0841. The third kappa shape index (κ3) is 5.33. The summed E-state index contributed by atoms with van der Waals surface area (Å²) in [5.74, 6) is 0.356. The summed E-state index contributed by atoms with van der Waals surface area (Å²) in [7, 11) is 2.09. The molecule has 2 aliphatic heterocycles. The molecule has 1 saturated heterocycles. The van der Waals surface area contributed by atoms with Crippen LogP contribution in [0, 0.1) is 0 Å². The molecule has 8 heteroatoms. The van der Waals surface area contributed by atoms with Crippen molar-refractivity contribution < 1.29 is 9.90 Å². The monoisotopic (exact) mass is 410 g/mol. The fraction of sp³-hybridized carbons (Fsp3) is 0.500. The minimum atomic E-state index is -0.624. The van der Waals surface area contributed by atoms with Crippen LogP contribution in [0.1, 0.15) is 27.9 Å². The van der Waals surface area contributed by atoms with Gasteiger partial charge in [0.05, 0.1) is 17.9 Å². The van der Waals surface area contributed by atoms with Crippen molar-refractivity contribution in [3.8, 4) is 0 Å². The summed E-state index contributed by atoms with van der Waals surface area (Å²) in [5.41, 5.74) is 3.14. The van der Waals surface area contributed by atoms with Crippen LogP contribution in [0.3, 0.4) is 0 Å². The average Bonchev–Trinajstić information content (AvgIpc) is 3.16. The Bertz CT molecular complexity index is 876. The predicted molar refractivity (Wildman–Crippen MR) is 115 cm³/mol. The Morgan fingerprint density at radius 2 is 2.13 bits per heavy atom. The average molecular weight is 411 g/mol. The number of likely N-dealkylation sites (tertiary alicyclic amines) is 1. The topological polar surface area (TPSA) is 93.6 Å². The van der Waals surface area contributed by atoms with Crippen molar-refractivity contribution in [1.82, 2.24) is 25.3 Å². The van der Waals surface area contributed by atoms with Gasteiger partial charge >= 0.3 is 0 Å². The van der Waals surface area contributed by atoms with Crippen LogP contribution >= 0.6 is 0 Å². The Hall–Kier alpha value is -2.55. The molecule has 0 bridgehead atoms. The van der Waals surface area contributed by atoms with Crippen LogP contribution in [-0.4, -0.2) is 82.9 Å². The minimum absolute atomic E-state index is 0.204. The second kappa shape index (κ2) is 9.51. The maximum absolute atomic E-state index is 12.5. The molecule has 0 aliphatic carbocycles. The number of rotatable bonds is 7. The van der Waals surface area contributed by atoms with Crippen molar-refractivity contribution in [2.75, 3.05) is 45.1 Å². The molecule has 1 fully saturated rings. The number of benzene rings is 1. The summed E-state index contributed by atoms with van der Waals surface area (Å²) in [6.07, 6.45) is 2.86. The molecule has 0 spiro atoms. The number of nitrogens with zero attached hydrogens (tertiary/aromatic N) is 4. The maximum atomic E-state index is 12.5. The number of aliphatic hydroxyl groups is 1. The van der Waals surface area contributed by atoms with Gasteiger partial charge in [-0.05, 0) is 43.6 Å². The predicted octanol–water partition coefficient (Wildman–Crippen LogP) is 0.742. The van der Waals surface area contributed by atoms with Crippen molar-refractivity contribution in [3.05, 3.63) is 53.2 Å². The fourth-order valence-corrected chi connectivity index (χ4v) is 4.21. The number of carbonyl (C=O) groups is 1. The summed E-state index contributed by atoms with van der Waals surface area (Å²) >= 11 is 0. The molecule has 30 heavy (non-hydrogen) atoms. The molecule has 3 N–H and O–H groups in total. The van der Waals surface area contributed by atoms with E-state index >= 15 is 0 Å². The minimum Gasteiger partial charge on any atom is -0.390 e. The summed E-state index contributed by atoms with van der Waals surface area (Å²) in [6, 6.07) is 10.5. The van der Waals surface area contributed by atoms with Crippen molar-refractivity contribution in [3.63, 3.8) is 0 Å². The number of hydrogen-bond acceptors (Lipinski definition) is 7. The largest absolute Gasteiger partial charge is 0.390 e. The maximum Gasteiger partial charge on any atom is 0.253 e. The number of hydrogen-bond donors (Lipinski definition) is 3. The van der Waals surface area contributed by atoms with Crippen LogP contribution in [0.4, 0.5) is 5.82 Å². The molecule has 2 aromatic rings. The molecule has 4 rings (SSSR count). The molecule has 2 atom stereocenters. The zero-order valence-electron chi connectivity index (χ0n) is 17.4. The highest BCUT2D eigenvalue weighted by Gasteiger charge is 2.21. The van der Waals surface area contributed by atoms with Crippen molar-refractivity contribution in [2.45, 2.75) is 31.5 Å². The zero-order chi connectivity index (χ0) is 20.9. The number of likely N-dealkylation sites (N-methyl/N-ethyl adjacent to an activating group) is 1. The molecule has 1 amide bonds. The number of amides is 1. The third-order valence-electron chi connectivity index (χ3n) is 5.84. The van der Waals surface area contributed by atoms with E-state index in [0.29, 0.717) is 24.0 Å². The SMILES string of the molecule is CN1CCC(Nc2cc(C(=O)NCC(O)CN3CCc4ccccc4C3)cnn2)C1. The second-order valence-electron chi connectivity index (χ2n) is 8.34. The molecule has 2 unspecified atom stereocenters. The number of anilines is 1. The molecular formula is C22H30N6O2. The molecule has 2 aliphatic rings. The summed E-state index contributed by atoms with van der Waals surface area (Å²) in [6.45, 7) is 4.49. The van der Waals surface area contributed by atoms with E-state index < -0.39 is 6.10 Å². The molecular weight excluding hydrogens is 380 g/mol. The lowest BCUT2D eigenvalue weighted by atomic mass is 10.00. The van der Waals surface area contributed by atoms with Crippen molar-refractivity contribution in [2.24, 2.45) is 0 Å². The number of nitrogens with one attached hydrogen (secondary N) is 2. The first kappa shape index (κ1) is 20.7. The Labute approximate surface area is 177 Å². The lowest BCUT2D eigenvalue weighted by Gasteiger charge is -2.30. The summed E-state index contributed by atoms with van der Waals surface area (Å²) < 4.78 is 0. The van der Waals surface area contributed by atoms with Gasteiger partial charge in [-0.15, -0.1) is 5.10 Å². The molecule has 1 aromatic carbocycles. The number of carbonyl (C=O) groups excluding carboxylic acids is 1. The van der Waals surface area contributed by atoms with E-state index in [1.807, 2.05) is 0 Å². The Morgan fingerprint density at radius 3 is 2.93 bits per heavy atom. The van der Waals surface area contributed by atoms with Crippen LogP contribution < -0.4 is 10.6 Å². The van der Waals surface area contributed by atoms with E-state index in [4.69, 9.17) is 0 Å². The highest BCUT2D eigenvalue weighted by molar-refractivity contribution is 5.94. The molecule has 0 saturated carbocycles. The van der Waals surface area contributed by atoms with Gasteiger partial charge in [0.1, 0.15) is 5.82 Å². The van der Waals surface area contributed by atoms with Gasteiger partial charge in [-0.2, -0.15) is 5.10 Å². The zero-order valence-corrected chi connectivity index (χ0v) is 17.4. The van der Waals surface area contributed by atoms with Crippen LogP contribution in [0.25, 0.3) is 0 Å². The first-order chi connectivity index (χ1) is 14.6. The standard InChI is InChI=1S/C22H30N6O2/c1-27-8-7-19(14-27)25-21-10-18(11-24-26-21)22(30)23-12-20(29)15-28-9-6-16-4-2-3-5-17(16)13-28/h2-5,10-11,19-20,29H,6-9,12-15H2,1H3,(H,23,30)(H,25,26). The first-order valence-electron chi connectivity index (χ1n) is 10.6. The third-order valence-corrected chi connectivity index (χ3v) is 5.84. The summed E-state index contributed by atoms with van der Waals surface area (Å²) in [5, 5.41) is 24.6. The van der Waals surface area contributed by atoms with Gasteiger partial charge in [-0.3, -0.25) is 9.69 Å². The summed E-state index contributed by atoms with van der Waals surface area (Å²) in [4.78, 5) is 17.0. The van der Waals surface area contributed by atoms with Crippen LogP contribution in [0.15, 0.2) is 36.5 Å². The van der Waals surface area contributed by atoms with Gasteiger partial charge in [0.15, 0.2) is 0 Å². The van der Waals surface area contributed by atoms with Gasteiger partial charge in [0.25, 0.3) is 5.91 Å². The smallest absolute Gasteiger partial charge is 0.253 e. The number of fused-ring (bicyclic) bond motifs is 1. The van der Waals surface area contributed by atoms with E-state index in [0.717, 1.165) is 39.0 Å². The normalized spacial score (nSPS) is 20.5. The van der Waals surface area contributed by atoms with Crippen LogP contribution in [-0.2, 0) is 13.0 Å². The van der Waals surface area contributed by atoms with Gasteiger partial charge in [0, 0.05) is 38.8 Å². The van der Waals surface area contributed by atoms with E-state index in [1.165, 1.54) is 17.3 Å². The lowest BCUT2D eigenvalue weighted by Crippen LogP contribution is -2.42. The Balaban J connectivity index is 1.25. The molecule has 160 valence electrons. The number of aliphatic hydroxyl groups excluding tert-OH is 1. The Morgan fingerprint density at radius 1 is 1.30 bits per heavy atom. The van der Waals surface area contributed by atoms with Crippen LogP contribution in [0.5, 0.6) is 0 Å². The number of aromatic nitrogens is 2. The van der Waals surface area contributed by atoms with E-state index in [9.17, 15) is 9.90 Å². The van der Waals surface area contributed by atoms with Crippen molar-refractivity contribution >= 4 is 11.7 Å².